The first kappa shape index (κ1) is 19.7. The Kier molecular flexibility index (Phi) is 14.1. The first-order valence-electron chi connectivity index (χ1n) is 7.83. The number of hydrogen-bond donors (Lipinski definition) is 0. The predicted molar refractivity (Wildman–Crippen MR) is 78.1 cm³/mol. The molecule has 4 heteroatoms. The summed E-state index contributed by atoms with van der Waals surface area (Å²) in [5.74, 6) is 1.93. The van der Waals surface area contributed by atoms with Crippen molar-refractivity contribution in [2.45, 2.75) is 77.6 Å². The fraction of sp³-hybridized carbons (Fsp3) is 1.00. The molecular formula is C15H30LiO2P. The Morgan fingerprint density at radius 2 is 1.84 bits per heavy atom. The maximum absolute atomic E-state index is 10.2. The Labute approximate surface area is 134 Å². The Balaban J connectivity index is 0. The van der Waals surface area contributed by atoms with E-state index in [4.69, 9.17) is 4.52 Å². The van der Waals surface area contributed by atoms with Gasteiger partial charge in [-0.3, -0.25) is 4.52 Å². The summed E-state index contributed by atoms with van der Waals surface area (Å²) in [5, 5.41) is 0. The quantitative estimate of drug-likeness (QED) is 0.349. The van der Waals surface area contributed by atoms with E-state index in [-0.39, 0.29) is 29.0 Å². The molecule has 0 aromatic heterocycles. The molecule has 1 saturated carbocycles. The van der Waals surface area contributed by atoms with E-state index in [0.29, 0.717) is 6.61 Å². The van der Waals surface area contributed by atoms with Crippen molar-refractivity contribution >= 4 is 8.69 Å². The molecule has 0 aromatic rings. The van der Waals surface area contributed by atoms with E-state index in [0.717, 1.165) is 18.3 Å². The maximum Gasteiger partial charge on any atom is 1.00 e. The van der Waals surface area contributed by atoms with Crippen LogP contribution in [0.2, 0.25) is 0 Å². The van der Waals surface area contributed by atoms with Crippen LogP contribution in [-0.4, -0.2) is 6.61 Å². The Morgan fingerprint density at radius 1 is 1.16 bits per heavy atom. The average Bonchev–Trinajstić information content (AvgIpc) is 2.43. The van der Waals surface area contributed by atoms with Crippen LogP contribution in [0.25, 0.3) is 0 Å². The summed E-state index contributed by atoms with van der Waals surface area (Å²) in [7, 11) is -0.165. The normalized spacial score (nSPS) is 18.2. The van der Waals surface area contributed by atoms with Gasteiger partial charge in [-0.05, 0) is 18.3 Å². The molecule has 1 aliphatic carbocycles. The molecule has 1 fully saturated rings. The second kappa shape index (κ2) is 13.6. The first-order valence-corrected chi connectivity index (χ1v) is 8.56. The third-order valence-electron chi connectivity index (χ3n) is 4.36. The molecule has 1 atom stereocenters. The second-order valence-electron chi connectivity index (χ2n) is 5.70. The number of hydrogen-bond acceptors (Lipinski definition) is 2. The number of unbranched alkanes of at least 4 members (excludes halogenated alkanes) is 2. The maximum atomic E-state index is 10.2. The van der Waals surface area contributed by atoms with Crippen molar-refractivity contribution in [1.29, 1.82) is 0 Å². The van der Waals surface area contributed by atoms with Gasteiger partial charge in [0.25, 0.3) is 0 Å². The smallest absolute Gasteiger partial charge is 1.00 e. The largest absolute Gasteiger partial charge is 1.00 e. The molecule has 1 rings (SSSR count). The monoisotopic (exact) mass is 280 g/mol. The van der Waals surface area contributed by atoms with Crippen molar-refractivity contribution in [2.24, 2.45) is 11.8 Å². The van der Waals surface area contributed by atoms with Gasteiger partial charge in [0.1, 0.15) is 0 Å². The van der Waals surface area contributed by atoms with Crippen LogP contribution < -0.4 is 18.9 Å². The van der Waals surface area contributed by atoms with Crippen molar-refractivity contribution in [1.82, 2.24) is 0 Å². The minimum absolute atomic E-state index is 0. The SMILES string of the molecule is CCCCC(CCCCOP=O)C1CCCCC1.[H-].[Li+]. The Bertz CT molecular complexity index is 214. The summed E-state index contributed by atoms with van der Waals surface area (Å²) in [6.45, 7) is 2.94. The third-order valence-corrected chi connectivity index (χ3v) is 4.65. The molecule has 19 heavy (non-hydrogen) atoms. The van der Waals surface area contributed by atoms with Crippen molar-refractivity contribution in [3.8, 4) is 0 Å². The van der Waals surface area contributed by atoms with Gasteiger partial charge in [-0.1, -0.05) is 71.1 Å². The van der Waals surface area contributed by atoms with Gasteiger partial charge in [-0.25, -0.2) is 4.57 Å². The number of rotatable bonds is 10. The van der Waals surface area contributed by atoms with E-state index >= 15 is 0 Å². The van der Waals surface area contributed by atoms with Crippen LogP contribution in [0.3, 0.4) is 0 Å². The molecule has 1 unspecified atom stereocenters. The fourth-order valence-electron chi connectivity index (χ4n) is 3.30. The van der Waals surface area contributed by atoms with Crippen molar-refractivity contribution in [3.05, 3.63) is 0 Å². The van der Waals surface area contributed by atoms with Crippen molar-refractivity contribution < 1.29 is 29.4 Å². The van der Waals surface area contributed by atoms with Gasteiger partial charge in [-0.15, -0.1) is 0 Å². The third kappa shape index (κ3) is 9.25. The molecule has 2 nitrogen and oxygen atoms in total. The van der Waals surface area contributed by atoms with Crippen LogP contribution in [-0.2, 0) is 9.09 Å². The van der Waals surface area contributed by atoms with Crippen LogP contribution in [0.4, 0.5) is 0 Å². The van der Waals surface area contributed by atoms with Gasteiger partial charge in [0.2, 0.25) is 0 Å². The summed E-state index contributed by atoms with van der Waals surface area (Å²) in [4.78, 5) is 0. The predicted octanol–water partition coefficient (Wildman–Crippen LogP) is 2.88. The molecule has 0 radical (unpaired) electrons. The fourth-order valence-corrected chi connectivity index (χ4v) is 3.50. The molecule has 0 aliphatic heterocycles. The molecular weight excluding hydrogens is 250 g/mol. The summed E-state index contributed by atoms with van der Waals surface area (Å²) >= 11 is 0. The second-order valence-corrected chi connectivity index (χ2v) is 6.11. The summed E-state index contributed by atoms with van der Waals surface area (Å²) in [5.41, 5.74) is 0. The van der Waals surface area contributed by atoms with E-state index in [2.05, 4.69) is 6.92 Å². The van der Waals surface area contributed by atoms with E-state index in [1.807, 2.05) is 0 Å². The van der Waals surface area contributed by atoms with Gasteiger partial charge in [0, 0.05) is 0 Å². The van der Waals surface area contributed by atoms with Gasteiger partial charge in [0.05, 0.1) is 6.61 Å². The molecule has 0 heterocycles. The molecule has 0 saturated heterocycles. The molecule has 0 aromatic carbocycles. The van der Waals surface area contributed by atoms with Gasteiger partial charge in [0.15, 0.2) is 0 Å². The van der Waals surface area contributed by atoms with Gasteiger partial charge < -0.3 is 1.43 Å². The first-order chi connectivity index (χ1) is 8.88. The van der Waals surface area contributed by atoms with Crippen molar-refractivity contribution in [2.75, 3.05) is 6.61 Å². The zero-order valence-electron chi connectivity index (χ0n) is 13.9. The van der Waals surface area contributed by atoms with Gasteiger partial charge >= 0.3 is 27.5 Å². The zero-order chi connectivity index (χ0) is 13.1. The summed E-state index contributed by atoms with van der Waals surface area (Å²) < 4.78 is 15.0. The Hall–Kier alpha value is 0.657. The molecule has 0 spiro atoms. The van der Waals surface area contributed by atoms with Crippen molar-refractivity contribution in [3.63, 3.8) is 0 Å². The van der Waals surface area contributed by atoms with E-state index in [1.165, 1.54) is 64.2 Å². The van der Waals surface area contributed by atoms with E-state index in [9.17, 15) is 4.57 Å². The van der Waals surface area contributed by atoms with Crippen LogP contribution in [0.1, 0.15) is 79.0 Å². The molecule has 0 N–H and O–H groups in total. The minimum atomic E-state index is -0.165. The Morgan fingerprint density at radius 3 is 2.47 bits per heavy atom. The van der Waals surface area contributed by atoms with E-state index < -0.39 is 0 Å². The van der Waals surface area contributed by atoms with Crippen LogP contribution >= 0.6 is 8.69 Å². The van der Waals surface area contributed by atoms with Crippen LogP contribution in [0, 0.1) is 11.8 Å². The van der Waals surface area contributed by atoms with Gasteiger partial charge in [-0.2, -0.15) is 0 Å². The van der Waals surface area contributed by atoms with Crippen LogP contribution in [0.15, 0.2) is 0 Å². The molecule has 0 bridgehead atoms. The topological polar surface area (TPSA) is 26.3 Å². The summed E-state index contributed by atoms with van der Waals surface area (Å²) in [6, 6.07) is 0. The van der Waals surface area contributed by atoms with E-state index in [1.54, 1.807) is 0 Å². The molecule has 1 aliphatic rings. The molecule has 0 amide bonds. The summed E-state index contributed by atoms with van der Waals surface area (Å²) in [6.07, 6.45) is 15.0. The zero-order valence-corrected chi connectivity index (χ0v) is 13.8. The molecule has 108 valence electrons. The standard InChI is InChI=1S/C15H29O2P.Li.H/c1-2-3-9-14(12-7-8-13-17-18-16)15-10-5-4-6-11-15;;/h14-15H,2-13H2,1H3;;/q;+1;-1. The average molecular weight is 280 g/mol. The minimum Gasteiger partial charge on any atom is -1.00 e. The van der Waals surface area contributed by atoms with Crippen LogP contribution in [0.5, 0.6) is 0 Å².